The maximum atomic E-state index is 12.4. The number of ketones is 1. The van der Waals surface area contributed by atoms with E-state index in [9.17, 15) is 9.59 Å². The Kier molecular flexibility index (Phi) is 4.60. The van der Waals surface area contributed by atoms with E-state index in [1.807, 2.05) is 49.4 Å². The molecule has 0 spiro atoms. The van der Waals surface area contributed by atoms with E-state index in [0.717, 1.165) is 11.3 Å². The number of benzene rings is 2. The van der Waals surface area contributed by atoms with Gasteiger partial charge in [0, 0.05) is 5.56 Å². The van der Waals surface area contributed by atoms with Gasteiger partial charge in [0.2, 0.25) is 0 Å². The van der Waals surface area contributed by atoms with Gasteiger partial charge < -0.3 is 4.98 Å². The van der Waals surface area contributed by atoms with Gasteiger partial charge in [0.1, 0.15) is 5.39 Å². The number of H-pyrrole nitrogens is 1. The van der Waals surface area contributed by atoms with E-state index in [-0.39, 0.29) is 17.1 Å². The van der Waals surface area contributed by atoms with E-state index in [0.29, 0.717) is 21.8 Å². The van der Waals surface area contributed by atoms with Gasteiger partial charge >= 0.3 is 0 Å². The van der Waals surface area contributed by atoms with Crippen LogP contribution in [0.1, 0.15) is 15.9 Å². The SMILES string of the molecule is Cc1cccc(-n2ncc3c(=O)[nH]c(SCC(=O)c4ccccc4)nc32)c1. The number of fused-ring (bicyclic) bond motifs is 1. The summed E-state index contributed by atoms with van der Waals surface area (Å²) in [5, 5.41) is 5.12. The highest BCUT2D eigenvalue weighted by molar-refractivity contribution is 7.99. The van der Waals surface area contributed by atoms with Gasteiger partial charge in [0.25, 0.3) is 5.56 Å². The minimum atomic E-state index is -0.270. The molecule has 0 saturated heterocycles. The second kappa shape index (κ2) is 7.20. The first-order valence-corrected chi connectivity index (χ1v) is 9.36. The molecule has 0 radical (unpaired) electrons. The normalized spacial score (nSPS) is 11.0. The Morgan fingerprint density at radius 1 is 1.15 bits per heavy atom. The highest BCUT2D eigenvalue weighted by Gasteiger charge is 2.13. The van der Waals surface area contributed by atoms with Crippen LogP contribution in [-0.4, -0.2) is 31.3 Å². The van der Waals surface area contributed by atoms with E-state index in [2.05, 4.69) is 15.1 Å². The zero-order valence-electron chi connectivity index (χ0n) is 14.5. The predicted molar refractivity (Wildman–Crippen MR) is 106 cm³/mol. The Bertz CT molecular complexity index is 1180. The Hall–Kier alpha value is -3.19. The lowest BCUT2D eigenvalue weighted by Gasteiger charge is -2.05. The number of Topliss-reactive ketones (excluding diaryl/α,β-unsaturated/α-hetero) is 1. The fourth-order valence-corrected chi connectivity index (χ4v) is 3.51. The number of nitrogens with one attached hydrogen (secondary N) is 1. The Morgan fingerprint density at radius 2 is 1.96 bits per heavy atom. The van der Waals surface area contributed by atoms with Crippen LogP contribution in [0, 0.1) is 6.92 Å². The average molecular weight is 376 g/mol. The van der Waals surface area contributed by atoms with E-state index in [1.54, 1.807) is 16.8 Å². The van der Waals surface area contributed by atoms with Crippen molar-refractivity contribution in [3.8, 4) is 5.69 Å². The molecule has 2 aromatic heterocycles. The molecule has 4 rings (SSSR count). The number of carbonyl (C=O) groups excluding carboxylic acids is 1. The van der Waals surface area contributed by atoms with Crippen LogP contribution in [0.3, 0.4) is 0 Å². The summed E-state index contributed by atoms with van der Waals surface area (Å²) in [5.74, 6) is 0.173. The Morgan fingerprint density at radius 3 is 2.74 bits per heavy atom. The van der Waals surface area contributed by atoms with Crippen molar-refractivity contribution in [3.63, 3.8) is 0 Å². The number of aromatic amines is 1. The largest absolute Gasteiger partial charge is 0.301 e. The van der Waals surface area contributed by atoms with Crippen LogP contribution < -0.4 is 5.56 Å². The first-order valence-electron chi connectivity index (χ1n) is 8.38. The summed E-state index contributed by atoms with van der Waals surface area (Å²) in [6.07, 6.45) is 1.51. The molecule has 0 aliphatic carbocycles. The molecule has 1 N–H and O–H groups in total. The lowest BCUT2D eigenvalue weighted by atomic mass is 10.2. The number of hydrogen-bond acceptors (Lipinski definition) is 5. The third-order valence-corrected chi connectivity index (χ3v) is 4.97. The minimum absolute atomic E-state index is 0.0180. The molecule has 0 amide bonds. The highest BCUT2D eigenvalue weighted by Crippen LogP contribution is 2.19. The second-order valence-corrected chi connectivity index (χ2v) is 7.05. The fourth-order valence-electron chi connectivity index (χ4n) is 2.76. The molecule has 2 aromatic carbocycles. The number of carbonyl (C=O) groups is 1. The molecule has 0 fully saturated rings. The molecule has 0 bridgehead atoms. The number of thioether (sulfide) groups is 1. The third-order valence-electron chi connectivity index (χ3n) is 4.10. The first kappa shape index (κ1) is 17.2. The van der Waals surface area contributed by atoms with Crippen LogP contribution in [0.2, 0.25) is 0 Å². The first-order chi connectivity index (χ1) is 13.1. The number of hydrogen-bond donors (Lipinski definition) is 1. The van der Waals surface area contributed by atoms with Gasteiger partial charge in [-0.2, -0.15) is 5.10 Å². The van der Waals surface area contributed by atoms with E-state index < -0.39 is 0 Å². The van der Waals surface area contributed by atoms with Crippen molar-refractivity contribution in [1.82, 2.24) is 19.7 Å². The van der Waals surface area contributed by atoms with Crippen LogP contribution in [0.25, 0.3) is 16.7 Å². The maximum Gasteiger partial charge on any atom is 0.262 e. The van der Waals surface area contributed by atoms with Crippen molar-refractivity contribution in [2.45, 2.75) is 12.1 Å². The molecule has 0 saturated carbocycles. The molecule has 0 aliphatic rings. The second-order valence-electron chi connectivity index (χ2n) is 6.08. The predicted octanol–water partition coefficient (Wildman–Crippen LogP) is 3.39. The summed E-state index contributed by atoms with van der Waals surface area (Å²) in [7, 11) is 0. The molecule has 4 aromatic rings. The summed E-state index contributed by atoms with van der Waals surface area (Å²) in [6.45, 7) is 1.99. The lowest BCUT2D eigenvalue weighted by molar-refractivity contribution is 0.102. The minimum Gasteiger partial charge on any atom is -0.301 e. The molecule has 134 valence electrons. The van der Waals surface area contributed by atoms with E-state index >= 15 is 0 Å². The van der Waals surface area contributed by atoms with Crippen LogP contribution in [0.4, 0.5) is 0 Å². The van der Waals surface area contributed by atoms with Crippen LogP contribution in [0.15, 0.2) is 70.7 Å². The van der Waals surface area contributed by atoms with Crippen molar-refractivity contribution < 1.29 is 4.79 Å². The van der Waals surface area contributed by atoms with Gasteiger partial charge in [0.15, 0.2) is 16.6 Å². The fraction of sp³-hybridized carbons (Fsp3) is 0.100. The van der Waals surface area contributed by atoms with Crippen molar-refractivity contribution in [2.75, 3.05) is 5.75 Å². The molecular formula is C20H16N4O2S. The summed E-state index contributed by atoms with van der Waals surface area (Å²) < 4.78 is 1.64. The van der Waals surface area contributed by atoms with Gasteiger partial charge in [0.05, 0.1) is 17.6 Å². The van der Waals surface area contributed by atoms with Crippen LogP contribution >= 0.6 is 11.8 Å². The van der Waals surface area contributed by atoms with Crippen molar-refractivity contribution in [1.29, 1.82) is 0 Å². The van der Waals surface area contributed by atoms with Gasteiger partial charge in [-0.25, -0.2) is 9.67 Å². The monoisotopic (exact) mass is 376 g/mol. The summed E-state index contributed by atoms with van der Waals surface area (Å²) in [5.41, 5.74) is 2.76. The molecule has 6 nitrogen and oxygen atoms in total. The number of rotatable bonds is 5. The average Bonchev–Trinajstić information content (AvgIpc) is 3.11. The molecule has 27 heavy (non-hydrogen) atoms. The van der Waals surface area contributed by atoms with Gasteiger partial charge in [-0.1, -0.05) is 54.2 Å². The quantitative estimate of drug-likeness (QED) is 0.328. The molecule has 2 heterocycles. The number of aryl methyl sites for hydroxylation is 1. The Labute approximate surface area is 159 Å². The zero-order chi connectivity index (χ0) is 18.8. The maximum absolute atomic E-state index is 12.4. The highest BCUT2D eigenvalue weighted by atomic mass is 32.2. The smallest absolute Gasteiger partial charge is 0.262 e. The zero-order valence-corrected chi connectivity index (χ0v) is 15.4. The topological polar surface area (TPSA) is 80.6 Å². The molecule has 0 atom stereocenters. The standard InChI is InChI=1S/C20H16N4O2S/c1-13-6-5-9-15(10-13)24-18-16(11-21-24)19(26)23-20(22-18)27-12-17(25)14-7-3-2-4-8-14/h2-11H,12H2,1H3,(H,22,23,26). The molecule has 0 aliphatic heterocycles. The van der Waals surface area contributed by atoms with Crippen molar-refractivity contribution in [3.05, 3.63) is 82.3 Å². The summed E-state index contributed by atoms with van der Waals surface area (Å²) in [6, 6.07) is 16.9. The lowest BCUT2D eigenvalue weighted by Crippen LogP contribution is -2.11. The van der Waals surface area contributed by atoms with Crippen LogP contribution in [-0.2, 0) is 0 Å². The molecular weight excluding hydrogens is 360 g/mol. The number of nitrogens with zero attached hydrogens (tertiary/aromatic N) is 3. The summed E-state index contributed by atoms with van der Waals surface area (Å²) in [4.78, 5) is 31.9. The van der Waals surface area contributed by atoms with E-state index in [4.69, 9.17) is 0 Å². The van der Waals surface area contributed by atoms with Crippen molar-refractivity contribution in [2.24, 2.45) is 0 Å². The Balaban J connectivity index is 1.66. The summed E-state index contributed by atoms with van der Waals surface area (Å²) >= 11 is 1.21. The van der Waals surface area contributed by atoms with Gasteiger partial charge in [-0.3, -0.25) is 9.59 Å². The molecule has 0 unspecified atom stereocenters. The number of aromatic nitrogens is 4. The molecule has 7 heteroatoms. The van der Waals surface area contributed by atoms with Crippen molar-refractivity contribution >= 4 is 28.6 Å². The van der Waals surface area contributed by atoms with Gasteiger partial charge in [-0.15, -0.1) is 0 Å². The van der Waals surface area contributed by atoms with E-state index in [1.165, 1.54) is 18.0 Å². The third kappa shape index (κ3) is 3.54. The van der Waals surface area contributed by atoms with Gasteiger partial charge in [-0.05, 0) is 24.6 Å². The van der Waals surface area contributed by atoms with Crippen LogP contribution in [0.5, 0.6) is 0 Å².